The van der Waals surface area contributed by atoms with E-state index in [4.69, 9.17) is 0 Å². The fourth-order valence-electron chi connectivity index (χ4n) is 4.11. The van der Waals surface area contributed by atoms with Gasteiger partial charge < -0.3 is 15.2 Å². The number of nitrogens with zero attached hydrogens (tertiary/aromatic N) is 1. The highest BCUT2D eigenvalue weighted by atomic mass is 16.2. The van der Waals surface area contributed by atoms with Crippen LogP contribution < -0.4 is 5.32 Å². The van der Waals surface area contributed by atoms with Crippen molar-refractivity contribution in [3.05, 3.63) is 36.0 Å². The van der Waals surface area contributed by atoms with Crippen molar-refractivity contribution in [2.45, 2.75) is 32.1 Å². The third kappa shape index (κ3) is 2.79. The number of rotatable bonds is 4. The lowest BCUT2D eigenvalue weighted by Crippen LogP contribution is -2.33. The third-order valence-corrected chi connectivity index (χ3v) is 5.50. The molecule has 24 heavy (non-hydrogen) atoms. The van der Waals surface area contributed by atoms with Crippen LogP contribution in [0.15, 0.2) is 30.5 Å². The molecule has 0 bridgehead atoms. The highest BCUT2D eigenvalue weighted by Crippen LogP contribution is 2.36. The first kappa shape index (κ1) is 15.2. The Morgan fingerprint density at radius 1 is 1.29 bits per heavy atom. The zero-order chi connectivity index (χ0) is 16.6. The molecule has 3 heterocycles. The van der Waals surface area contributed by atoms with Crippen molar-refractivity contribution in [2.24, 2.45) is 5.41 Å². The van der Waals surface area contributed by atoms with Gasteiger partial charge in [-0.2, -0.15) is 0 Å². The quantitative estimate of drug-likeness (QED) is 0.905. The van der Waals surface area contributed by atoms with Gasteiger partial charge in [0.15, 0.2) is 0 Å². The van der Waals surface area contributed by atoms with Crippen molar-refractivity contribution in [2.75, 3.05) is 19.6 Å². The number of aromatic nitrogens is 1. The van der Waals surface area contributed by atoms with Gasteiger partial charge in [-0.1, -0.05) is 18.2 Å². The lowest BCUT2D eigenvalue weighted by Gasteiger charge is -2.21. The van der Waals surface area contributed by atoms with Crippen molar-refractivity contribution < 1.29 is 9.59 Å². The van der Waals surface area contributed by atoms with Gasteiger partial charge in [0.25, 0.3) is 0 Å². The molecule has 1 spiro atoms. The van der Waals surface area contributed by atoms with Gasteiger partial charge in [-0.05, 0) is 30.9 Å². The summed E-state index contributed by atoms with van der Waals surface area (Å²) in [4.78, 5) is 29.2. The molecule has 0 saturated carbocycles. The number of amides is 2. The Balaban J connectivity index is 1.30. The number of benzene rings is 1. The minimum Gasteiger partial charge on any atom is -0.361 e. The van der Waals surface area contributed by atoms with Gasteiger partial charge >= 0.3 is 0 Å². The fourth-order valence-corrected chi connectivity index (χ4v) is 4.11. The summed E-state index contributed by atoms with van der Waals surface area (Å²) in [7, 11) is 0. The van der Waals surface area contributed by atoms with Gasteiger partial charge in [0.1, 0.15) is 0 Å². The lowest BCUT2D eigenvalue weighted by molar-refractivity contribution is -0.130. The molecule has 1 aromatic heterocycles. The first-order valence-corrected chi connectivity index (χ1v) is 8.75. The number of hydrogen-bond donors (Lipinski definition) is 2. The molecule has 0 aliphatic carbocycles. The highest BCUT2D eigenvalue weighted by Gasteiger charge is 2.44. The van der Waals surface area contributed by atoms with Crippen LogP contribution in [0.1, 0.15) is 31.2 Å². The molecule has 2 aliphatic rings. The van der Waals surface area contributed by atoms with Crippen LogP contribution in [-0.2, 0) is 16.0 Å². The first-order valence-electron chi connectivity index (χ1n) is 8.75. The number of fused-ring (bicyclic) bond motifs is 1. The highest BCUT2D eigenvalue weighted by molar-refractivity contribution is 5.83. The summed E-state index contributed by atoms with van der Waals surface area (Å²) in [5, 5.41) is 4.16. The van der Waals surface area contributed by atoms with Crippen LogP contribution in [0.3, 0.4) is 0 Å². The summed E-state index contributed by atoms with van der Waals surface area (Å²) in [6.45, 7) is 2.25. The Hall–Kier alpha value is -2.30. The number of para-hydroxylation sites is 1. The zero-order valence-corrected chi connectivity index (χ0v) is 13.8. The first-order chi connectivity index (χ1) is 11.7. The molecule has 4 rings (SSSR count). The zero-order valence-electron chi connectivity index (χ0n) is 13.8. The summed E-state index contributed by atoms with van der Waals surface area (Å²) in [5.41, 5.74) is 2.43. The Bertz CT molecular complexity index is 782. The number of carbonyl (C=O) groups is 2. The average Bonchev–Trinajstić information content (AvgIpc) is 3.28. The summed E-state index contributed by atoms with van der Waals surface area (Å²) < 4.78 is 0. The topological polar surface area (TPSA) is 65.2 Å². The Morgan fingerprint density at radius 2 is 2.17 bits per heavy atom. The molecule has 2 N–H and O–H groups in total. The van der Waals surface area contributed by atoms with E-state index in [1.54, 1.807) is 0 Å². The second kappa shape index (κ2) is 5.96. The number of aromatic amines is 1. The Kier molecular flexibility index (Phi) is 3.79. The lowest BCUT2D eigenvalue weighted by atomic mass is 9.86. The maximum absolute atomic E-state index is 12.5. The van der Waals surface area contributed by atoms with Gasteiger partial charge in [0.05, 0.1) is 0 Å². The predicted molar refractivity (Wildman–Crippen MR) is 92.5 cm³/mol. The molecule has 2 fully saturated rings. The van der Waals surface area contributed by atoms with Crippen molar-refractivity contribution in [3.63, 3.8) is 0 Å². The minimum absolute atomic E-state index is 0.00356. The van der Waals surface area contributed by atoms with Gasteiger partial charge in [-0.15, -0.1) is 0 Å². The van der Waals surface area contributed by atoms with E-state index in [0.29, 0.717) is 12.8 Å². The number of aryl methyl sites for hydroxylation is 1. The predicted octanol–water partition coefficient (Wildman–Crippen LogP) is 2.23. The van der Waals surface area contributed by atoms with Crippen molar-refractivity contribution in [3.8, 4) is 0 Å². The van der Waals surface area contributed by atoms with Crippen molar-refractivity contribution in [1.82, 2.24) is 15.2 Å². The molecule has 5 heteroatoms. The average molecular weight is 325 g/mol. The smallest absolute Gasteiger partial charge is 0.222 e. The third-order valence-electron chi connectivity index (χ3n) is 5.50. The maximum atomic E-state index is 12.5. The van der Waals surface area contributed by atoms with Gasteiger partial charge in [0.2, 0.25) is 11.8 Å². The molecule has 0 radical (unpaired) electrons. The SMILES string of the molecule is O=C1CC2(CCN(C(=O)CCCc3c[nH]c4ccccc34)C2)CN1. The van der Waals surface area contributed by atoms with E-state index < -0.39 is 0 Å². The van der Waals surface area contributed by atoms with Crippen LogP contribution in [-0.4, -0.2) is 41.3 Å². The number of nitrogens with one attached hydrogen (secondary N) is 2. The van der Waals surface area contributed by atoms with Crippen LogP contribution in [0.25, 0.3) is 10.9 Å². The molecule has 1 aromatic carbocycles. The van der Waals surface area contributed by atoms with Crippen LogP contribution in [0, 0.1) is 5.41 Å². The second-order valence-corrected chi connectivity index (χ2v) is 7.23. The normalized spacial score (nSPS) is 23.3. The van der Waals surface area contributed by atoms with E-state index in [0.717, 1.165) is 44.4 Å². The van der Waals surface area contributed by atoms with Crippen molar-refractivity contribution in [1.29, 1.82) is 0 Å². The molecule has 2 amide bonds. The number of hydrogen-bond acceptors (Lipinski definition) is 2. The van der Waals surface area contributed by atoms with E-state index >= 15 is 0 Å². The molecular formula is C19H23N3O2. The summed E-state index contributed by atoms with van der Waals surface area (Å²) in [5.74, 6) is 0.356. The number of carbonyl (C=O) groups excluding carboxylic acids is 2. The van der Waals surface area contributed by atoms with Gasteiger partial charge in [-0.3, -0.25) is 9.59 Å². The van der Waals surface area contributed by atoms with E-state index in [-0.39, 0.29) is 17.2 Å². The standard InChI is InChI=1S/C19H23N3O2/c23-17-10-19(12-21-17)8-9-22(13-19)18(24)7-3-4-14-11-20-16-6-2-1-5-15(14)16/h1-2,5-6,11,20H,3-4,7-10,12-13H2,(H,21,23). The largest absolute Gasteiger partial charge is 0.361 e. The molecule has 2 aliphatic heterocycles. The number of H-pyrrole nitrogens is 1. The summed E-state index contributed by atoms with van der Waals surface area (Å²) in [6.07, 6.45) is 5.93. The van der Waals surface area contributed by atoms with Crippen molar-refractivity contribution >= 4 is 22.7 Å². The molecule has 1 unspecified atom stereocenters. The fraction of sp³-hybridized carbons (Fsp3) is 0.474. The molecule has 5 nitrogen and oxygen atoms in total. The minimum atomic E-state index is 0.00356. The van der Waals surface area contributed by atoms with Crippen LogP contribution >= 0.6 is 0 Å². The van der Waals surface area contributed by atoms with Crippen LogP contribution in [0.4, 0.5) is 0 Å². The summed E-state index contributed by atoms with van der Waals surface area (Å²) in [6, 6.07) is 8.27. The molecule has 2 aromatic rings. The van der Waals surface area contributed by atoms with Gasteiger partial charge in [0, 0.05) is 55.0 Å². The molecule has 1 atom stereocenters. The number of likely N-dealkylation sites (tertiary alicyclic amines) is 1. The maximum Gasteiger partial charge on any atom is 0.222 e. The Labute approximate surface area is 141 Å². The Morgan fingerprint density at radius 3 is 3.00 bits per heavy atom. The molecule has 2 saturated heterocycles. The van der Waals surface area contributed by atoms with E-state index in [9.17, 15) is 9.59 Å². The van der Waals surface area contributed by atoms with E-state index in [1.807, 2.05) is 17.0 Å². The van der Waals surface area contributed by atoms with Crippen LogP contribution in [0.5, 0.6) is 0 Å². The van der Waals surface area contributed by atoms with Crippen LogP contribution in [0.2, 0.25) is 0 Å². The molecule has 126 valence electrons. The second-order valence-electron chi connectivity index (χ2n) is 7.23. The van der Waals surface area contributed by atoms with E-state index in [1.165, 1.54) is 10.9 Å². The summed E-state index contributed by atoms with van der Waals surface area (Å²) >= 11 is 0. The van der Waals surface area contributed by atoms with E-state index in [2.05, 4.69) is 28.6 Å². The van der Waals surface area contributed by atoms with Gasteiger partial charge in [-0.25, -0.2) is 0 Å². The monoisotopic (exact) mass is 325 g/mol. The molecular weight excluding hydrogens is 302 g/mol.